The van der Waals surface area contributed by atoms with Gasteiger partial charge in [0.05, 0.1) is 12.5 Å². The minimum Gasteiger partial charge on any atom is -0.349 e. The first-order chi connectivity index (χ1) is 10.3. The van der Waals surface area contributed by atoms with Crippen LogP contribution in [0.5, 0.6) is 0 Å². The first-order valence-corrected chi connectivity index (χ1v) is 7.72. The van der Waals surface area contributed by atoms with E-state index in [-0.39, 0.29) is 0 Å². The SMILES string of the molecule is CCCc1ccc(C(CC(F)(F)F)NC(C)=O)cc1CCC. The van der Waals surface area contributed by atoms with Crippen LogP contribution in [0.2, 0.25) is 0 Å². The van der Waals surface area contributed by atoms with Crippen LogP contribution in [0.1, 0.15) is 62.8 Å². The number of halogens is 3. The van der Waals surface area contributed by atoms with Gasteiger partial charge < -0.3 is 5.32 Å². The number of hydrogen-bond donors (Lipinski definition) is 1. The smallest absolute Gasteiger partial charge is 0.349 e. The van der Waals surface area contributed by atoms with Gasteiger partial charge in [-0.15, -0.1) is 0 Å². The Morgan fingerprint density at radius 3 is 2.23 bits per heavy atom. The second-order valence-electron chi connectivity index (χ2n) is 5.60. The first kappa shape index (κ1) is 18.5. The standard InChI is InChI=1S/C17H24F3NO/c1-4-6-13-8-9-15(10-14(13)7-5-2)16(21-12(3)22)11-17(18,19)20/h8-10,16H,4-7,11H2,1-3H3,(H,21,22). The maximum atomic E-state index is 12.7. The highest BCUT2D eigenvalue weighted by Gasteiger charge is 2.33. The molecule has 1 aromatic carbocycles. The minimum atomic E-state index is -4.32. The summed E-state index contributed by atoms with van der Waals surface area (Å²) in [6, 6.07) is 4.40. The molecule has 0 radical (unpaired) electrons. The normalized spacial score (nSPS) is 13.0. The summed E-state index contributed by atoms with van der Waals surface area (Å²) in [5.41, 5.74) is 2.79. The molecule has 1 unspecified atom stereocenters. The molecule has 0 aliphatic carbocycles. The van der Waals surface area contributed by atoms with Gasteiger partial charge in [-0.25, -0.2) is 0 Å². The van der Waals surface area contributed by atoms with Crippen LogP contribution in [-0.4, -0.2) is 12.1 Å². The van der Waals surface area contributed by atoms with Crippen LogP contribution in [0.25, 0.3) is 0 Å². The van der Waals surface area contributed by atoms with Gasteiger partial charge >= 0.3 is 6.18 Å². The molecule has 124 valence electrons. The van der Waals surface area contributed by atoms with Crippen molar-refractivity contribution in [3.8, 4) is 0 Å². The number of nitrogens with one attached hydrogen (secondary N) is 1. The van der Waals surface area contributed by atoms with Crippen LogP contribution in [0.15, 0.2) is 18.2 Å². The Morgan fingerprint density at radius 1 is 1.14 bits per heavy atom. The van der Waals surface area contributed by atoms with Crippen molar-refractivity contribution >= 4 is 5.91 Å². The predicted octanol–water partition coefficient (Wildman–Crippen LogP) is 4.72. The monoisotopic (exact) mass is 315 g/mol. The third-order valence-corrected chi connectivity index (χ3v) is 3.48. The molecule has 0 spiro atoms. The molecule has 0 aliphatic heterocycles. The lowest BCUT2D eigenvalue weighted by Gasteiger charge is -2.21. The molecule has 22 heavy (non-hydrogen) atoms. The first-order valence-electron chi connectivity index (χ1n) is 7.72. The number of hydrogen-bond acceptors (Lipinski definition) is 1. The fourth-order valence-electron chi connectivity index (χ4n) is 2.61. The van der Waals surface area contributed by atoms with Crippen molar-refractivity contribution < 1.29 is 18.0 Å². The van der Waals surface area contributed by atoms with E-state index in [1.165, 1.54) is 12.5 Å². The molecular formula is C17H24F3NO. The molecule has 1 rings (SSSR count). The Bertz CT molecular complexity index is 497. The van der Waals surface area contributed by atoms with Gasteiger partial charge in [-0.1, -0.05) is 44.9 Å². The van der Waals surface area contributed by atoms with Gasteiger partial charge in [0.1, 0.15) is 0 Å². The molecule has 0 saturated heterocycles. The summed E-state index contributed by atoms with van der Waals surface area (Å²) in [4.78, 5) is 11.2. The fourth-order valence-corrected chi connectivity index (χ4v) is 2.61. The Labute approximate surface area is 130 Å². The van der Waals surface area contributed by atoms with E-state index in [2.05, 4.69) is 12.2 Å². The summed E-state index contributed by atoms with van der Waals surface area (Å²) < 4.78 is 38.2. The van der Waals surface area contributed by atoms with Crippen LogP contribution in [0, 0.1) is 0 Å². The quantitative estimate of drug-likeness (QED) is 0.775. The number of rotatable bonds is 7. The summed E-state index contributed by atoms with van der Waals surface area (Å²) in [6.07, 6.45) is -1.69. The number of amides is 1. The predicted molar refractivity (Wildman–Crippen MR) is 81.7 cm³/mol. The summed E-state index contributed by atoms with van der Waals surface area (Å²) in [7, 11) is 0. The largest absolute Gasteiger partial charge is 0.391 e. The maximum Gasteiger partial charge on any atom is 0.391 e. The molecular weight excluding hydrogens is 291 g/mol. The molecule has 5 heteroatoms. The lowest BCUT2D eigenvalue weighted by molar-refractivity contribution is -0.142. The van der Waals surface area contributed by atoms with Gasteiger partial charge in [0, 0.05) is 6.92 Å². The topological polar surface area (TPSA) is 29.1 Å². The summed E-state index contributed by atoms with van der Waals surface area (Å²) in [6.45, 7) is 5.36. The van der Waals surface area contributed by atoms with Gasteiger partial charge in [-0.2, -0.15) is 13.2 Å². The maximum absolute atomic E-state index is 12.7. The number of aryl methyl sites for hydroxylation is 2. The lowest BCUT2D eigenvalue weighted by atomic mass is 9.93. The Hall–Kier alpha value is -1.52. The number of carbonyl (C=O) groups is 1. The molecule has 1 amide bonds. The van der Waals surface area contributed by atoms with Crippen molar-refractivity contribution in [3.63, 3.8) is 0 Å². The highest BCUT2D eigenvalue weighted by atomic mass is 19.4. The second-order valence-corrected chi connectivity index (χ2v) is 5.60. The molecule has 0 saturated carbocycles. The van der Waals surface area contributed by atoms with E-state index in [0.717, 1.165) is 31.2 Å². The van der Waals surface area contributed by atoms with Gasteiger partial charge in [0.2, 0.25) is 5.91 Å². The van der Waals surface area contributed by atoms with E-state index in [1.54, 1.807) is 6.07 Å². The molecule has 0 heterocycles. The zero-order valence-electron chi connectivity index (χ0n) is 13.4. The number of alkyl halides is 3. The van der Waals surface area contributed by atoms with Gasteiger partial charge in [-0.3, -0.25) is 4.79 Å². The average molecular weight is 315 g/mol. The molecule has 0 fully saturated rings. The third kappa shape index (κ3) is 6.08. The van der Waals surface area contributed by atoms with E-state index in [9.17, 15) is 18.0 Å². The van der Waals surface area contributed by atoms with Gasteiger partial charge in [0.25, 0.3) is 0 Å². The van der Waals surface area contributed by atoms with Crippen LogP contribution < -0.4 is 5.32 Å². The van der Waals surface area contributed by atoms with Crippen molar-refractivity contribution in [2.45, 2.75) is 65.1 Å². The highest BCUT2D eigenvalue weighted by molar-refractivity contribution is 5.73. The van der Waals surface area contributed by atoms with Crippen molar-refractivity contribution in [1.82, 2.24) is 5.32 Å². The van der Waals surface area contributed by atoms with Crippen molar-refractivity contribution in [2.24, 2.45) is 0 Å². The molecule has 1 atom stereocenters. The summed E-state index contributed by atoms with van der Waals surface area (Å²) in [5.74, 6) is -0.455. The summed E-state index contributed by atoms with van der Waals surface area (Å²) in [5, 5.41) is 2.41. The Kier molecular flexibility index (Phi) is 6.91. The average Bonchev–Trinajstić information content (AvgIpc) is 2.38. The highest BCUT2D eigenvalue weighted by Crippen LogP contribution is 2.31. The minimum absolute atomic E-state index is 0.455. The second kappa shape index (κ2) is 8.20. The number of carbonyl (C=O) groups excluding carboxylic acids is 1. The van der Waals surface area contributed by atoms with Crippen LogP contribution in [-0.2, 0) is 17.6 Å². The Balaban J connectivity index is 3.12. The molecule has 2 nitrogen and oxygen atoms in total. The number of benzene rings is 1. The summed E-state index contributed by atoms with van der Waals surface area (Å²) >= 11 is 0. The lowest BCUT2D eigenvalue weighted by Crippen LogP contribution is -2.30. The van der Waals surface area contributed by atoms with Crippen molar-refractivity contribution in [2.75, 3.05) is 0 Å². The van der Waals surface area contributed by atoms with Crippen LogP contribution in [0.3, 0.4) is 0 Å². The molecule has 0 aliphatic rings. The third-order valence-electron chi connectivity index (χ3n) is 3.48. The van der Waals surface area contributed by atoms with E-state index < -0.39 is 24.5 Å². The Morgan fingerprint density at radius 2 is 1.73 bits per heavy atom. The fraction of sp³-hybridized carbons (Fsp3) is 0.588. The molecule has 0 aromatic heterocycles. The van der Waals surface area contributed by atoms with Gasteiger partial charge in [0.15, 0.2) is 0 Å². The van der Waals surface area contributed by atoms with E-state index in [4.69, 9.17) is 0 Å². The van der Waals surface area contributed by atoms with E-state index >= 15 is 0 Å². The van der Waals surface area contributed by atoms with E-state index in [0.29, 0.717) is 5.56 Å². The molecule has 0 bridgehead atoms. The molecule has 1 aromatic rings. The van der Waals surface area contributed by atoms with Crippen molar-refractivity contribution in [3.05, 3.63) is 34.9 Å². The zero-order valence-corrected chi connectivity index (χ0v) is 13.4. The van der Waals surface area contributed by atoms with Crippen LogP contribution in [0.4, 0.5) is 13.2 Å². The zero-order chi connectivity index (χ0) is 16.8. The molecule has 1 N–H and O–H groups in total. The van der Waals surface area contributed by atoms with Gasteiger partial charge in [-0.05, 0) is 29.5 Å². The van der Waals surface area contributed by atoms with Crippen LogP contribution >= 0.6 is 0 Å². The van der Waals surface area contributed by atoms with E-state index in [1.807, 2.05) is 19.1 Å². The van der Waals surface area contributed by atoms with Crippen molar-refractivity contribution in [1.29, 1.82) is 0 Å².